The fourth-order valence-electron chi connectivity index (χ4n) is 2.47. The maximum atomic E-state index is 12.2. The zero-order chi connectivity index (χ0) is 13.5. The summed E-state index contributed by atoms with van der Waals surface area (Å²) in [6, 6.07) is -0.871. The van der Waals surface area contributed by atoms with Crippen LogP contribution in [0.15, 0.2) is 0 Å². The van der Waals surface area contributed by atoms with Crippen LogP contribution in [0.2, 0.25) is 0 Å². The molecule has 2 atom stereocenters. The second-order valence-electron chi connectivity index (χ2n) is 5.31. The quantitative estimate of drug-likeness (QED) is 0.711. The number of piperazine rings is 1. The number of hydrogen-bond donors (Lipinski definition) is 1. The molecule has 2 aliphatic rings. The lowest BCUT2D eigenvalue weighted by molar-refractivity contribution is -0.147. The Kier molecular flexibility index (Phi) is 3.35. The summed E-state index contributed by atoms with van der Waals surface area (Å²) in [5.41, 5.74) is 0. The Bertz CT molecular complexity index is 471. The lowest BCUT2D eigenvalue weighted by Crippen LogP contribution is -2.62. The molecule has 2 saturated heterocycles. The molecule has 0 saturated carbocycles. The van der Waals surface area contributed by atoms with E-state index in [1.165, 1.54) is 4.90 Å². The van der Waals surface area contributed by atoms with Crippen molar-refractivity contribution in [3.63, 3.8) is 0 Å². The third-order valence-electron chi connectivity index (χ3n) is 3.50. The highest BCUT2D eigenvalue weighted by atomic mass is 32.2. The standard InChI is InChI=1S/C11H18N2O4S/c1-7(2)10-11(15)13(5-9(14)12-10)8-3-4-18(16,17)6-8/h7-8,10H,3-6H2,1-2H3,(H,12,14). The number of carbonyl (C=O) groups excluding carboxylic acids is 2. The van der Waals surface area contributed by atoms with Gasteiger partial charge in [-0.05, 0) is 12.3 Å². The van der Waals surface area contributed by atoms with Crippen LogP contribution in [0, 0.1) is 5.92 Å². The second kappa shape index (κ2) is 4.53. The third-order valence-corrected chi connectivity index (χ3v) is 5.25. The SMILES string of the molecule is CC(C)C1NC(=O)CN(C2CCS(=O)(=O)C2)C1=O. The number of hydrogen-bond acceptors (Lipinski definition) is 4. The number of amides is 2. The van der Waals surface area contributed by atoms with Gasteiger partial charge in [-0.1, -0.05) is 13.8 Å². The van der Waals surface area contributed by atoms with Crippen molar-refractivity contribution in [3.05, 3.63) is 0 Å². The summed E-state index contributed by atoms with van der Waals surface area (Å²) in [6.45, 7) is 3.69. The van der Waals surface area contributed by atoms with Crippen LogP contribution in [0.5, 0.6) is 0 Å². The largest absolute Gasteiger partial charge is 0.343 e. The topological polar surface area (TPSA) is 83.6 Å². The molecule has 2 unspecified atom stereocenters. The molecule has 0 aliphatic carbocycles. The minimum Gasteiger partial charge on any atom is -0.343 e. The van der Waals surface area contributed by atoms with Gasteiger partial charge in [-0.25, -0.2) is 8.42 Å². The molecule has 2 fully saturated rings. The predicted octanol–water partition coefficient (Wildman–Crippen LogP) is -0.843. The number of rotatable bonds is 2. The maximum absolute atomic E-state index is 12.2. The molecule has 7 heteroatoms. The van der Waals surface area contributed by atoms with Crippen LogP contribution in [0.4, 0.5) is 0 Å². The molecule has 1 N–H and O–H groups in total. The van der Waals surface area contributed by atoms with Crippen molar-refractivity contribution in [2.75, 3.05) is 18.1 Å². The van der Waals surface area contributed by atoms with Crippen molar-refractivity contribution in [2.45, 2.75) is 32.4 Å². The number of nitrogens with one attached hydrogen (secondary N) is 1. The first-order chi connectivity index (χ1) is 8.30. The van der Waals surface area contributed by atoms with Crippen molar-refractivity contribution in [1.29, 1.82) is 0 Å². The van der Waals surface area contributed by atoms with Gasteiger partial charge in [0, 0.05) is 6.04 Å². The van der Waals surface area contributed by atoms with Crippen LogP contribution < -0.4 is 5.32 Å². The molecule has 2 amide bonds. The van der Waals surface area contributed by atoms with Gasteiger partial charge in [0.05, 0.1) is 18.1 Å². The van der Waals surface area contributed by atoms with E-state index in [1.54, 1.807) is 0 Å². The van der Waals surface area contributed by atoms with E-state index in [0.29, 0.717) is 6.42 Å². The van der Waals surface area contributed by atoms with Crippen LogP contribution in [0.25, 0.3) is 0 Å². The Balaban J connectivity index is 2.17. The highest BCUT2D eigenvalue weighted by Crippen LogP contribution is 2.21. The lowest BCUT2D eigenvalue weighted by atomic mass is 9.99. The first-order valence-corrected chi connectivity index (χ1v) is 7.92. The molecule has 0 aromatic heterocycles. The van der Waals surface area contributed by atoms with E-state index in [9.17, 15) is 18.0 Å². The van der Waals surface area contributed by atoms with Gasteiger partial charge in [0.2, 0.25) is 11.8 Å². The average Bonchev–Trinajstić information content (AvgIpc) is 2.61. The normalized spacial score (nSPS) is 31.8. The molecule has 0 aromatic carbocycles. The molecule has 0 radical (unpaired) electrons. The third kappa shape index (κ3) is 2.50. The average molecular weight is 274 g/mol. The van der Waals surface area contributed by atoms with Crippen LogP contribution in [0.1, 0.15) is 20.3 Å². The molecule has 102 valence electrons. The predicted molar refractivity (Wildman–Crippen MR) is 65.5 cm³/mol. The minimum absolute atomic E-state index is 0.00209. The van der Waals surface area contributed by atoms with Gasteiger partial charge in [0.25, 0.3) is 0 Å². The molecular formula is C11H18N2O4S. The Labute approximate surface area is 107 Å². The summed E-state index contributed by atoms with van der Waals surface area (Å²) in [5.74, 6) is -0.279. The molecule has 2 heterocycles. The highest BCUT2D eigenvalue weighted by Gasteiger charge is 2.41. The molecular weight excluding hydrogens is 256 g/mol. The number of carbonyl (C=O) groups is 2. The minimum atomic E-state index is -3.05. The van der Waals surface area contributed by atoms with Gasteiger partial charge in [-0.15, -0.1) is 0 Å². The van der Waals surface area contributed by atoms with E-state index in [4.69, 9.17) is 0 Å². The van der Waals surface area contributed by atoms with Gasteiger partial charge >= 0.3 is 0 Å². The van der Waals surface area contributed by atoms with Gasteiger partial charge in [0.15, 0.2) is 9.84 Å². The Hall–Kier alpha value is -1.11. The number of sulfone groups is 1. The van der Waals surface area contributed by atoms with E-state index >= 15 is 0 Å². The van der Waals surface area contributed by atoms with Gasteiger partial charge in [0.1, 0.15) is 6.04 Å². The molecule has 0 spiro atoms. The zero-order valence-corrected chi connectivity index (χ0v) is 11.4. The van der Waals surface area contributed by atoms with E-state index in [-0.39, 0.29) is 41.8 Å². The molecule has 0 aromatic rings. The summed E-state index contributed by atoms with van der Waals surface area (Å²) >= 11 is 0. The van der Waals surface area contributed by atoms with Gasteiger partial charge in [-0.2, -0.15) is 0 Å². The second-order valence-corrected chi connectivity index (χ2v) is 7.54. The molecule has 6 nitrogen and oxygen atoms in total. The number of nitrogens with zero attached hydrogens (tertiary/aromatic N) is 1. The Morgan fingerprint density at radius 3 is 2.50 bits per heavy atom. The smallest absolute Gasteiger partial charge is 0.246 e. The monoisotopic (exact) mass is 274 g/mol. The fourth-order valence-corrected chi connectivity index (χ4v) is 4.20. The van der Waals surface area contributed by atoms with Gasteiger partial charge < -0.3 is 10.2 Å². The molecule has 0 bridgehead atoms. The van der Waals surface area contributed by atoms with Crippen molar-refractivity contribution in [2.24, 2.45) is 5.92 Å². The van der Waals surface area contributed by atoms with Crippen LogP contribution >= 0.6 is 0 Å². The van der Waals surface area contributed by atoms with Crippen molar-refractivity contribution < 1.29 is 18.0 Å². The maximum Gasteiger partial charge on any atom is 0.246 e. The van der Waals surface area contributed by atoms with Gasteiger partial charge in [-0.3, -0.25) is 9.59 Å². The van der Waals surface area contributed by atoms with E-state index in [0.717, 1.165) is 0 Å². The van der Waals surface area contributed by atoms with Crippen LogP contribution in [-0.4, -0.2) is 55.3 Å². The van der Waals surface area contributed by atoms with E-state index in [2.05, 4.69) is 5.32 Å². The van der Waals surface area contributed by atoms with Crippen molar-refractivity contribution in [3.8, 4) is 0 Å². The molecule has 2 rings (SSSR count). The zero-order valence-electron chi connectivity index (χ0n) is 10.5. The van der Waals surface area contributed by atoms with Crippen LogP contribution in [-0.2, 0) is 19.4 Å². The first-order valence-electron chi connectivity index (χ1n) is 6.10. The summed E-state index contributed by atoms with van der Waals surface area (Å²) in [4.78, 5) is 25.3. The summed E-state index contributed by atoms with van der Waals surface area (Å²) in [6.07, 6.45) is 0.437. The summed E-state index contributed by atoms with van der Waals surface area (Å²) < 4.78 is 22.9. The molecule has 18 heavy (non-hydrogen) atoms. The van der Waals surface area contributed by atoms with Crippen molar-refractivity contribution in [1.82, 2.24) is 10.2 Å². The fraction of sp³-hybridized carbons (Fsp3) is 0.818. The Morgan fingerprint density at radius 2 is 2.00 bits per heavy atom. The lowest BCUT2D eigenvalue weighted by Gasteiger charge is -2.37. The highest BCUT2D eigenvalue weighted by molar-refractivity contribution is 7.91. The first kappa shape index (κ1) is 13.3. The van der Waals surface area contributed by atoms with E-state index < -0.39 is 15.9 Å². The Morgan fingerprint density at radius 1 is 1.33 bits per heavy atom. The van der Waals surface area contributed by atoms with E-state index in [1.807, 2.05) is 13.8 Å². The van der Waals surface area contributed by atoms with Crippen LogP contribution in [0.3, 0.4) is 0 Å². The summed E-state index contributed by atoms with van der Waals surface area (Å²) in [5, 5.41) is 2.66. The molecule has 2 aliphatic heterocycles. The summed E-state index contributed by atoms with van der Waals surface area (Å²) in [7, 11) is -3.05. The van der Waals surface area contributed by atoms with Crippen molar-refractivity contribution >= 4 is 21.7 Å².